The fraction of sp³-hybridized carbons (Fsp3) is 0.357. The average molecular weight is 227 g/mol. The first-order valence-corrected chi connectivity index (χ1v) is 6.00. The Bertz CT molecular complexity index is 534. The van der Waals surface area contributed by atoms with Crippen molar-refractivity contribution in [1.29, 1.82) is 5.26 Å². The van der Waals surface area contributed by atoms with E-state index in [1.165, 1.54) is 16.5 Å². The summed E-state index contributed by atoms with van der Waals surface area (Å²) in [6.45, 7) is 1.55. The van der Waals surface area contributed by atoms with Gasteiger partial charge in [0.05, 0.1) is 6.07 Å². The molecular formula is C14H17N3. The fourth-order valence-electron chi connectivity index (χ4n) is 2.15. The van der Waals surface area contributed by atoms with Crippen LogP contribution in [0.25, 0.3) is 10.9 Å². The molecule has 0 saturated carbocycles. The van der Waals surface area contributed by atoms with Crippen LogP contribution in [0.15, 0.2) is 30.5 Å². The molecule has 0 radical (unpaired) electrons. The highest BCUT2D eigenvalue weighted by molar-refractivity contribution is 5.83. The van der Waals surface area contributed by atoms with Crippen LogP contribution in [-0.4, -0.2) is 4.57 Å². The van der Waals surface area contributed by atoms with E-state index in [4.69, 9.17) is 11.0 Å². The fourth-order valence-corrected chi connectivity index (χ4v) is 2.15. The van der Waals surface area contributed by atoms with Crippen molar-refractivity contribution in [3.63, 3.8) is 0 Å². The molecule has 1 heterocycles. The van der Waals surface area contributed by atoms with Crippen LogP contribution in [0.1, 0.15) is 24.8 Å². The molecule has 2 aromatic rings. The van der Waals surface area contributed by atoms with E-state index in [0.717, 1.165) is 19.4 Å². The van der Waals surface area contributed by atoms with E-state index in [9.17, 15) is 0 Å². The van der Waals surface area contributed by atoms with Gasteiger partial charge in [-0.25, -0.2) is 0 Å². The molecule has 0 bridgehead atoms. The van der Waals surface area contributed by atoms with Crippen molar-refractivity contribution >= 4 is 10.9 Å². The van der Waals surface area contributed by atoms with E-state index >= 15 is 0 Å². The Hall–Kier alpha value is -1.79. The topological polar surface area (TPSA) is 54.7 Å². The molecule has 0 aliphatic heterocycles. The molecule has 88 valence electrons. The summed E-state index contributed by atoms with van der Waals surface area (Å²) in [5, 5.41) is 9.74. The van der Waals surface area contributed by atoms with Crippen molar-refractivity contribution in [3.8, 4) is 6.07 Å². The van der Waals surface area contributed by atoms with Crippen LogP contribution < -0.4 is 5.73 Å². The Labute approximate surface area is 101 Å². The maximum absolute atomic E-state index is 8.49. The molecule has 17 heavy (non-hydrogen) atoms. The van der Waals surface area contributed by atoms with E-state index < -0.39 is 0 Å². The van der Waals surface area contributed by atoms with Crippen molar-refractivity contribution in [2.75, 3.05) is 0 Å². The second kappa shape index (κ2) is 5.51. The molecule has 0 fully saturated rings. The number of unbranched alkanes of at least 4 members (excludes halogenated alkanes) is 2. The minimum absolute atomic E-state index is 0.579. The number of fused-ring (bicyclic) bond motifs is 1. The summed E-state index contributed by atoms with van der Waals surface area (Å²) in [6.07, 6.45) is 4.76. The lowest BCUT2D eigenvalue weighted by molar-refractivity contribution is 0.632. The number of aromatic nitrogens is 1. The van der Waals surface area contributed by atoms with Crippen molar-refractivity contribution in [2.45, 2.75) is 32.4 Å². The summed E-state index contributed by atoms with van der Waals surface area (Å²) < 4.78 is 2.24. The largest absolute Gasteiger partial charge is 0.347 e. The highest BCUT2D eigenvalue weighted by atomic mass is 14.9. The highest BCUT2D eigenvalue weighted by Crippen LogP contribution is 2.20. The first-order valence-electron chi connectivity index (χ1n) is 6.00. The van der Waals surface area contributed by atoms with E-state index in [1.807, 2.05) is 0 Å². The Balaban J connectivity index is 2.16. The third kappa shape index (κ3) is 2.48. The molecular weight excluding hydrogens is 210 g/mol. The maximum atomic E-state index is 8.49. The molecule has 0 saturated heterocycles. The van der Waals surface area contributed by atoms with Crippen molar-refractivity contribution in [1.82, 2.24) is 4.57 Å². The van der Waals surface area contributed by atoms with Gasteiger partial charge in [-0.05, 0) is 30.5 Å². The summed E-state index contributed by atoms with van der Waals surface area (Å²) >= 11 is 0. The standard InChI is InChI=1S/C14H17N3/c15-8-2-1-3-9-17-10-7-13-12(11-16)5-4-6-14(13)17/h4-7,10H,1-3,9,11,16H2. The van der Waals surface area contributed by atoms with Crippen molar-refractivity contribution < 1.29 is 0 Å². The number of hydrogen-bond donors (Lipinski definition) is 1. The van der Waals surface area contributed by atoms with Crippen molar-refractivity contribution in [3.05, 3.63) is 36.0 Å². The molecule has 0 amide bonds. The molecule has 0 atom stereocenters. The Morgan fingerprint density at radius 2 is 2.12 bits per heavy atom. The zero-order valence-electron chi connectivity index (χ0n) is 9.89. The van der Waals surface area contributed by atoms with Crippen LogP contribution in [0.2, 0.25) is 0 Å². The minimum atomic E-state index is 0.579. The van der Waals surface area contributed by atoms with E-state index in [2.05, 4.69) is 41.1 Å². The van der Waals surface area contributed by atoms with Crippen LogP contribution in [0.3, 0.4) is 0 Å². The summed E-state index contributed by atoms with van der Waals surface area (Å²) in [5.41, 5.74) is 8.15. The van der Waals surface area contributed by atoms with Crippen LogP contribution in [0, 0.1) is 11.3 Å². The average Bonchev–Trinajstić information content (AvgIpc) is 2.78. The number of nitriles is 1. The van der Waals surface area contributed by atoms with Gasteiger partial charge in [0.2, 0.25) is 0 Å². The van der Waals surface area contributed by atoms with Gasteiger partial charge in [0.1, 0.15) is 0 Å². The van der Waals surface area contributed by atoms with Gasteiger partial charge in [0, 0.05) is 36.6 Å². The molecule has 2 N–H and O–H groups in total. The Kier molecular flexibility index (Phi) is 3.79. The monoisotopic (exact) mass is 227 g/mol. The SMILES string of the molecule is N#CCCCCn1ccc2c(CN)cccc21. The second-order valence-corrected chi connectivity index (χ2v) is 4.18. The molecule has 0 unspecified atom stereocenters. The summed E-state index contributed by atoms with van der Waals surface area (Å²) in [6, 6.07) is 10.6. The number of nitrogens with two attached hydrogens (primary N) is 1. The predicted molar refractivity (Wildman–Crippen MR) is 69.3 cm³/mol. The second-order valence-electron chi connectivity index (χ2n) is 4.18. The summed E-state index contributed by atoms with van der Waals surface area (Å²) in [7, 11) is 0. The first-order chi connectivity index (χ1) is 8.36. The van der Waals surface area contributed by atoms with Gasteiger partial charge < -0.3 is 10.3 Å². The lowest BCUT2D eigenvalue weighted by atomic mass is 10.1. The van der Waals surface area contributed by atoms with Crippen molar-refractivity contribution in [2.24, 2.45) is 5.73 Å². The van der Waals surface area contributed by atoms with E-state index in [-0.39, 0.29) is 0 Å². The third-order valence-corrected chi connectivity index (χ3v) is 3.06. The van der Waals surface area contributed by atoms with Gasteiger partial charge in [-0.15, -0.1) is 0 Å². The predicted octanol–water partition coefficient (Wildman–Crippen LogP) is 2.79. The minimum Gasteiger partial charge on any atom is -0.347 e. The number of hydrogen-bond acceptors (Lipinski definition) is 2. The Morgan fingerprint density at radius 3 is 2.88 bits per heavy atom. The van der Waals surface area contributed by atoms with E-state index in [1.54, 1.807) is 0 Å². The van der Waals surface area contributed by atoms with Crippen LogP contribution in [0.4, 0.5) is 0 Å². The van der Waals surface area contributed by atoms with Gasteiger partial charge in [0.15, 0.2) is 0 Å². The Morgan fingerprint density at radius 1 is 1.24 bits per heavy atom. The van der Waals surface area contributed by atoms with Gasteiger partial charge in [-0.3, -0.25) is 0 Å². The lowest BCUT2D eigenvalue weighted by Crippen LogP contribution is -1.98. The van der Waals surface area contributed by atoms with Gasteiger partial charge in [-0.1, -0.05) is 12.1 Å². The van der Waals surface area contributed by atoms with Crippen LogP contribution >= 0.6 is 0 Å². The normalized spacial score (nSPS) is 10.6. The van der Waals surface area contributed by atoms with Crippen LogP contribution in [0.5, 0.6) is 0 Å². The van der Waals surface area contributed by atoms with Gasteiger partial charge in [0.25, 0.3) is 0 Å². The van der Waals surface area contributed by atoms with Crippen LogP contribution in [-0.2, 0) is 13.1 Å². The molecule has 0 aliphatic rings. The van der Waals surface area contributed by atoms with Gasteiger partial charge >= 0.3 is 0 Å². The molecule has 3 heteroatoms. The zero-order chi connectivity index (χ0) is 12.1. The molecule has 0 aliphatic carbocycles. The zero-order valence-corrected chi connectivity index (χ0v) is 9.89. The first kappa shape index (κ1) is 11.7. The number of benzene rings is 1. The summed E-state index contributed by atoms with van der Waals surface area (Å²) in [4.78, 5) is 0. The third-order valence-electron chi connectivity index (χ3n) is 3.06. The molecule has 1 aromatic carbocycles. The quantitative estimate of drug-likeness (QED) is 0.798. The molecule has 1 aromatic heterocycles. The number of rotatable bonds is 5. The maximum Gasteiger partial charge on any atom is 0.0621 e. The molecule has 3 nitrogen and oxygen atoms in total. The molecule has 2 rings (SSSR count). The van der Waals surface area contributed by atoms with Gasteiger partial charge in [-0.2, -0.15) is 5.26 Å². The molecule has 0 spiro atoms. The summed E-state index contributed by atoms with van der Waals surface area (Å²) in [5.74, 6) is 0. The lowest BCUT2D eigenvalue weighted by Gasteiger charge is -2.05. The highest BCUT2D eigenvalue weighted by Gasteiger charge is 2.03. The van der Waals surface area contributed by atoms with E-state index in [0.29, 0.717) is 13.0 Å². The number of nitrogens with zero attached hydrogens (tertiary/aromatic N) is 2. The smallest absolute Gasteiger partial charge is 0.0621 e. The number of aryl methyl sites for hydroxylation is 1.